The number of piperazine rings is 1. The zero-order chi connectivity index (χ0) is 19.5. The molecule has 1 aromatic carbocycles. The SMILES string of the molecule is Cc1ccc(C(=O)N2CCN(c3cnnc(N4CCOCC4)c3)CC2)c(C)c1. The molecule has 1 aromatic heterocycles. The van der Waals surface area contributed by atoms with Gasteiger partial charge >= 0.3 is 0 Å². The highest BCUT2D eigenvalue weighted by molar-refractivity contribution is 5.95. The molecule has 0 atom stereocenters. The molecule has 2 fully saturated rings. The van der Waals surface area contributed by atoms with E-state index in [1.165, 1.54) is 5.56 Å². The van der Waals surface area contributed by atoms with Crippen LogP contribution in [0.1, 0.15) is 21.5 Å². The third-order valence-electron chi connectivity index (χ3n) is 5.51. The van der Waals surface area contributed by atoms with Gasteiger partial charge in [-0.3, -0.25) is 4.79 Å². The van der Waals surface area contributed by atoms with Gasteiger partial charge in [0.25, 0.3) is 5.91 Å². The lowest BCUT2D eigenvalue weighted by Gasteiger charge is -2.36. The van der Waals surface area contributed by atoms with Gasteiger partial charge in [0.2, 0.25) is 0 Å². The number of anilines is 2. The Morgan fingerprint density at radius 1 is 0.964 bits per heavy atom. The molecule has 0 aliphatic carbocycles. The molecule has 4 rings (SSSR count). The zero-order valence-electron chi connectivity index (χ0n) is 16.6. The van der Waals surface area contributed by atoms with E-state index in [0.717, 1.165) is 62.0 Å². The number of amides is 1. The van der Waals surface area contributed by atoms with Crippen molar-refractivity contribution in [2.45, 2.75) is 13.8 Å². The maximum absolute atomic E-state index is 12.9. The first kappa shape index (κ1) is 18.7. The van der Waals surface area contributed by atoms with Crippen LogP contribution in [0.2, 0.25) is 0 Å². The van der Waals surface area contributed by atoms with Gasteiger partial charge in [0.1, 0.15) is 0 Å². The number of aromatic nitrogens is 2. The molecular formula is C21H27N5O2. The summed E-state index contributed by atoms with van der Waals surface area (Å²) in [6, 6.07) is 8.12. The summed E-state index contributed by atoms with van der Waals surface area (Å²) in [5.41, 5.74) is 4.09. The molecule has 3 heterocycles. The summed E-state index contributed by atoms with van der Waals surface area (Å²) in [4.78, 5) is 19.3. The molecule has 2 aliphatic heterocycles. The molecule has 0 bridgehead atoms. The van der Waals surface area contributed by atoms with Gasteiger partial charge in [-0.1, -0.05) is 17.7 Å². The van der Waals surface area contributed by atoms with Crippen molar-refractivity contribution in [2.75, 3.05) is 62.3 Å². The Morgan fingerprint density at radius 3 is 2.43 bits per heavy atom. The number of benzene rings is 1. The molecule has 148 valence electrons. The third-order valence-corrected chi connectivity index (χ3v) is 5.51. The van der Waals surface area contributed by atoms with Crippen molar-refractivity contribution in [1.82, 2.24) is 15.1 Å². The van der Waals surface area contributed by atoms with Crippen molar-refractivity contribution in [2.24, 2.45) is 0 Å². The number of ether oxygens (including phenoxy) is 1. The average molecular weight is 381 g/mol. The number of rotatable bonds is 3. The van der Waals surface area contributed by atoms with E-state index in [9.17, 15) is 4.79 Å². The minimum absolute atomic E-state index is 0.124. The largest absolute Gasteiger partial charge is 0.378 e. The second-order valence-corrected chi connectivity index (χ2v) is 7.47. The van der Waals surface area contributed by atoms with Gasteiger partial charge in [-0.2, -0.15) is 5.10 Å². The van der Waals surface area contributed by atoms with Crippen molar-refractivity contribution in [3.05, 3.63) is 47.2 Å². The third kappa shape index (κ3) is 3.94. The maximum atomic E-state index is 12.9. The van der Waals surface area contributed by atoms with Gasteiger partial charge in [0.15, 0.2) is 5.82 Å². The number of carbonyl (C=O) groups excluding carboxylic acids is 1. The molecule has 28 heavy (non-hydrogen) atoms. The number of carbonyl (C=O) groups is 1. The van der Waals surface area contributed by atoms with Gasteiger partial charge in [0.05, 0.1) is 25.1 Å². The van der Waals surface area contributed by atoms with Crippen LogP contribution in [0.25, 0.3) is 0 Å². The summed E-state index contributed by atoms with van der Waals surface area (Å²) >= 11 is 0. The minimum Gasteiger partial charge on any atom is -0.378 e. The predicted octanol–water partition coefficient (Wildman–Crippen LogP) is 1.89. The van der Waals surface area contributed by atoms with Gasteiger partial charge in [-0.15, -0.1) is 5.10 Å². The number of hydrogen-bond acceptors (Lipinski definition) is 6. The van der Waals surface area contributed by atoms with Crippen LogP contribution in [0.15, 0.2) is 30.5 Å². The number of nitrogens with zero attached hydrogens (tertiary/aromatic N) is 5. The van der Waals surface area contributed by atoms with Crippen LogP contribution in [0.4, 0.5) is 11.5 Å². The normalized spacial score (nSPS) is 17.7. The second kappa shape index (κ2) is 8.14. The van der Waals surface area contributed by atoms with Crippen molar-refractivity contribution in [1.29, 1.82) is 0 Å². The van der Waals surface area contributed by atoms with Crippen molar-refractivity contribution < 1.29 is 9.53 Å². The zero-order valence-corrected chi connectivity index (χ0v) is 16.6. The van der Waals surface area contributed by atoms with E-state index in [4.69, 9.17) is 4.74 Å². The molecule has 2 aliphatic rings. The van der Waals surface area contributed by atoms with E-state index >= 15 is 0 Å². The maximum Gasteiger partial charge on any atom is 0.254 e. The molecule has 0 spiro atoms. The molecule has 0 radical (unpaired) electrons. The Kier molecular flexibility index (Phi) is 5.43. The lowest BCUT2D eigenvalue weighted by atomic mass is 10.0. The Labute approximate surface area is 165 Å². The molecule has 1 amide bonds. The van der Waals surface area contributed by atoms with E-state index < -0.39 is 0 Å². The van der Waals surface area contributed by atoms with Crippen LogP contribution in [-0.2, 0) is 4.74 Å². The first-order valence-electron chi connectivity index (χ1n) is 9.89. The second-order valence-electron chi connectivity index (χ2n) is 7.47. The standard InChI is InChI=1S/C21H27N5O2/c1-16-3-4-19(17(2)13-16)21(27)26-7-5-24(6-8-26)18-14-20(23-22-15-18)25-9-11-28-12-10-25/h3-4,13-15H,5-12H2,1-2H3. The minimum atomic E-state index is 0.124. The summed E-state index contributed by atoms with van der Waals surface area (Å²) in [7, 11) is 0. The van der Waals surface area contributed by atoms with E-state index in [2.05, 4.69) is 32.1 Å². The molecular weight excluding hydrogens is 354 g/mol. The summed E-state index contributed by atoms with van der Waals surface area (Å²) in [5.74, 6) is 1.02. The molecule has 0 saturated carbocycles. The fourth-order valence-corrected chi connectivity index (χ4v) is 3.86. The van der Waals surface area contributed by atoms with Gasteiger partial charge in [-0.05, 0) is 25.5 Å². The Bertz CT molecular complexity index is 842. The first-order chi connectivity index (χ1) is 13.6. The summed E-state index contributed by atoms with van der Waals surface area (Å²) in [6.07, 6.45) is 1.81. The van der Waals surface area contributed by atoms with E-state index in [-0.39, 0.29) is 5.91 Å². The fraction of sp³-hybridized carbons (Fsp3) is 0.476. The van der Waals surface area contributed by atoms with Crippen LogP contribution in [0, 0.1) is 13.8 Å². The van der Waals surface area contributed by atoms with E-state index in [1.807, 2.05) is 37.1 Å². The Morgan fingerprint density at radius 2 is 1.71 bits per heavy atom. The van der Waals surface area contributed by atoms with Crippen LogP contribution in [0.3, 0.4) is 0 Å². The highest BCUT2D eigenvalue weighted by Crippen LogP contribution is 2.22. The van der Waals surface area contributed by atoms with E-state index in [0.29, 0.717) is 13.1 Å². The Hall–Kier alpha value is -2.67. The fourth-order valence-electron chi connectivity index (χ4n) is 3.86. The molecule has 0 N–H and O–H groups in total. The number of hydrogen-bond donors (Lipinski definition) is 0. The lowest BCUT2D eigenvalue weighted by Crippen LogP contribution is -2.49. The topological polar surface area (TPSA) is 61.8 Å². The average Bonchev–Trinajstić information content (AvgIpc) is 2.74. The highest BCUT2D eigenvalue weighted by Gasteiger charge is 2.24. The van der Waals surface area contributed by atoms with Crippen molar-refractivity contribution in [3.8, 4) is 0 Å². The van der Waals surface area contributed by atoms with Gasteiger partial charge < -0.3 is 19.4 Å². The van der Waals surface area contributed by atoms with Crippen LogP contribution in [0.5, 0.6) is 0 Å². The molecule has 2 saturated heterocycles. The van der Waals surface area contributed by atoms with Crippen LogP contribution in [-0.4, -0.2) is 73.5 Å². The van der Waals surface area contributed by atoms with Crippen molar-refractivity contribution in [3.63, 3.8) is 0 Å². The number of morpholine rings is 1. The van der Waals surface area contributed by atoms with Crippen LogP contribution < -0.4 is 9.80 Å². The molecule has 7 heteroatoms. The smallest absolute Gasteiger partial charge is 0.254 e. The molecule has 2 aromatic rings. The summed E-state index contributed by atoms with van der Waals surface area (Å²) < 4.78 is 5.42. The summed E-state index contributed by atoms with van der Waals surface area (Å²) in [6.45, 7) is 10.2. The van der Waals surface area contributed by atoms with Crippen LogP contribution >= 0.6 is 0 Å². The van der Waals surface area contributed by atoms with Gasteiger partial charge in [0, 0.05) is 50.9 Å². The highest BCUT2D eigenvalue weighted by atomic mass is 16.5. The Balaban J connectivity index is 1.40. The quantitative estimate of drug-likeness (QED) is 0.809. The lowest BCUT2D eigenvalue weighted by molar-refractivity contribution is 0.0746. The number of aryl methyl sites for hydroxylation is 2. The molecule has 0 unspecified atom stereocenters. The predicted molar refractivity (Wildman–Crippen MR) is 109 cm³/mol. The van der Waals surface area contributed by atoms with E-state index in [1.54, 1.807) is 0 Å². The van der Waals surface area contributed by atoms with Gasteiger partial charge in [-0.25, -0.2) is 0 Å². The summed E-state index contributed by atoms with van der Waals surface area (Å²) in [5, 5.41) is 8.49. The first-order valence-corrected chi connectivity index (χ1v) is 9.89. The molecule has 7 nitrogen and oxygen atoms in total. The van der Waals surface area contributed by atoms with Crippen molar-refractivity contribution >= 4 is 17.4 Å². The monoisotopic (exact) mass is 381 g/mol.